The smallest absolute Gasteiger partial charge is 0.343 e. The van der Waals surface area contributed by atoms with E-state index in [-0.39, 0.29) is 12.4 Å². The molecular formula is C17H13N3O6. The topological polar surface area (TPSA) is 117 Å². The SMILES string of the molecule is COC(=O)c1cc([N+](=O)[O-])cn(Cc2ncc(-c3ccccc3)o2)c1=O. The molecule has 2 aromatic heterocycles. The van der Waals surface area contributed by atoms with Crippen molar-refractivity contribution in [2.75, 3.05) is 7.11 Å². The number of aromatic nitrogens is 2. The van der Waals surface area contributed by atoms with E-state index in [1.807, 2.05) is 30.3 Å². The van der Waals surface area contributed by atoms with Gasteiger partial charge in [-0.1, -0.05) is 30.3 Å². The number of carbonyl (C=O) groups excluding carboxylic acids is 1. The molecule has 0 amide bonds. The highest BCUT2D eigenvalue weighted by Gasteiger charge is 2.20. The lowest BCUT2D eigenvalue weighted by molar-refractivity contribution is -0.385. The van der Waals surface area contributed by atoms with Crippen molar-refractivity contribution in [1.82, 2.24) is 9.55 Å². The van der Waals surface area contributed by atoms with Crippen LogP contribution in [0.5, 0.6) is 0 Å². The van der Waals surface area contributed by atoms with Crippen LogP contribution in [0.1, 0.15) is 16.2 Å². The van der Waals surface area contributed by atoms with Crippen LogP contribution in [0.4, 0.5) is 5.69 Å². The molecule has 0 fully saturated rings. The largest absolute Gasteiger partial charge is 0.465 e. The molecule has 0 saturated heterocycles. The molecule has 0 radical (unpaired) electrons. The van der Waals surface area contributed by atoms with Gasteiger partial charge in [0, 0.05) is 11.6 Å². The minimum Gasteiger partial charge on any atom is -0.465 e. The second-order valence-electron chi connectivity index (χ2n) is 5.28. The Labute approximate surface area is 146 Å². The van der Waals surface area contributed by atoms with E-state index in [0.717, 1.165) is 29.5 Å². The average molecular weight is 355 g/mol. The molecule has 3 rings (SSSR count). The van der Waals surface area contributed by atoms with Crippen molar-refractivity contribution in [3.8, 4) is 11.3 Å². The molecule has 3 aromatic rings. The molecule has 0 atom stereocenters. The highest BCUT2D eigenvalue weighted by molar-refractivity contribution is 5.89. The summed E-state index contributed by atoms with van der Waals surface area (Å²) in [5.41, 5.74) is -0.786. The molecule has 0 spiro atoms. The number of oxazole rings is 1. The van der Waals surface area contributed by atoms with Crippen molar-refractivity contribution >= 4 is 11.7 Å². The van der Waals surface area contributed by atoms with E-state index in [4.69, 9.17) is 4.42 Å². The van der Waals surface area contributed by atoms with Gasteiger partial charge in [-0.15, -0.1) is 0 Å². The number of ether oxygens (including phenoxy) is 1. The fraction of sp³-hybridized carbons (Fsp3) is 0.118. The van der Waals surface area contributed by atoms with Gasteiger partial charge >= 0.3 is 5.97 Å². The van der Waals surface area contributed by atoms with Gasteiger partial charge in [0.1, 0.15) is 12.1 Å². The Morgan fingerprint density at radius 1 is 1.35 bits per heavy atom. The number of hydrogen-bond acceptors (Lipinski definition) is 7. The van der Waals surface area contributed by atoms with Gasteiger partial charge in [0.05, 0.1) is 24.4 Å². The fourth-order valence-electron chi connectivity index (χ4n) is 2.36. The van der Waals surface area contributed by atoms with Crippen LogP contribution >= 0.6 is 0 Å². The normalized spacial score (nSPS) is 10.5. The molecular weight excluding hydrogens is 342 g/mol. The molecule has 0 N–H and O–H groups in total. The highest BCUT2D eigenvalue weighted by Crippen LogP contribution is 2.20. The third kappa shape index (κ3) is 3.36. The molecule has 2 heterocycles. The average Bonchev–Trinajstić information content (AvgIpc) is 3.12. The summed E-state index contributed by atoms with van der Waals surface area (Å²) < 4.78 is 11.1. The Kier molecular flexibility index (Phi) is 4.61. The number of nitro groups is 1. The molecule has 0 aliphatic carbocycles. The summed E-state index contributed by atoms with van der Waals surface area (Å²) in [5, 5.41) is 11.1. The van der Waals surface area contributed by atoms with E-state index in [0.29, 0.717) is 5.76 Å². The molecule has 132 valence electrons. The maximum atomic E-state index is 12.4. The van der Waals surface area contributed by atoms with Gasteiger partial charge < -0.3 is 9.15 Å². The van der Waals surface area contributed by atoms with Gasteiger partial charge in [-0.2, -0.15) is 0 Å². The van der Waals surface area contributed by atoms with E-state index >= 15 is 0 Å². The number of hydrogen-bond donors (Lipinski definition) is 0. The molecule has 0 aliphatic heterocycles. The van der Waals surface area contributed by atoms with E-state index < -0.39 is 27.7 Å². The molecule has 0 unspecified atom stereocenters. The standard InChI is InChI=1S/C17H13N3O6/c1-25-17(22)13-7-12(20(23)24)9-19(16(13)21)10-15-18-8-14(26-15)11-5-3-2-4-6-11/h2-9H,10H2,1H3. The van der Waals surface area contributed by atoms with Gasteiger partial charge in [0.25, 0.3) is 11.2 Å². The second-order valence-corrected chi connectivity index (χ2v) is 5.28. The highest BCUT2D eigenvalue weighted by atomic mass is 16.6. The van der Waals surface area contributed by atoms with Crippen LogP contribution in [0.15, 0.2) is 58.0 Å². The third-order valence-corrected chi connectivity index (χ3v) is 3.61. The first-order valence-corrected chi connectivity index (χ1v) is 7.47. The van der Waals surface area contributed by atoms with Crippen LogP contribution in [-0.4, -0.2) is 27.6 Å². The Bertz CT molecular complexity index is 1020. The summed E-state index contributed by atoms with van der Waals surface area (Å²) in [6, 6.07) is 10.1. The van der Waals surface area contributed by atoms with Crippen molar-refractivity contribution < 1.29 is 18.9 Å². The number of esters is 1. The Morgan fingerprint density at radius 2 is 2.08 bits per heavy atom. The monoisotopic (exact) mass is 355 g/mol. The third-order valence-electron chi connectivity index (χ3n) is 3.61. The Balaban J connectivity index is 1.98. The zero-order chi connectivity index (χ0) is 18.7. The fourth-order valence-corrected chi connectivity index (χ4v) is 2.36. The number of benzene rings is 1. The predicted molar refractivity (Wildman–Crippen MR) is 89.7 cm³/mol. The minimum absolute atomic E-state index is 0.169. The summed E-state index contributed by atoms with van der Waals surface area (Å²) in [5.74, 6) is -0.292. The van der Waals surface area contributed by atoms with Gasteiger partial charge in [0.15, 0.2) is 5.76 Å². The van der Waals surface area contributed by atoms with Crippen LogP contribution in [-0.2, 0) is 11.3 Å². The van der Waals surface area contributed by atoms with E-state index in [9.17, 15) is 19.7 Å². The molecule has 9 heteroatoms. The predicted octanol–water partition coefficient (Wildman–Crippen LogP) is 2.25. The Hall–Kier alpha value is -3.75. The van der Waals surface area contributed by atoms with Crippen molar-refractivity contribution in [3.05, 3.63) is 80.7 Å². The number of methoxy groups -OCH3 is 1. The maximum absolute atomic E-state index is 12.4. The summed E-state index contributed by atoms with van der Waals surface area (Å²) in [6.45, 7) is -0.169. The van der Waals surface area contributed by atoms with E-state index in [1.165, 1.54) is 6.20 Å². The van der Waals surface area contributed by atoms with Gasteiger partial charge in [-0.3, -0.25) is 19.5 Å². The van der Waals surface area contributed by atoms with Crippen LogP contribution in [0.25, 0.3) is 11.3 Å². The van der Waals surface area contributed by atoms with E-state index in [1.54, 1.807) is 0 Å². The summed E-state index contributed by atoms with van der Waals surface area (Å²) in [6.07, 6.45) is 2.52. The lowest BCUT2D eigenvalue weighted by atomic mass is 10.2. The number of pyridine rings is 1. The second kappa shape index (κ2) is 7.01. The number of rotatable bonds is 5. The van der Waals surface area contributed by atoms with Crippen LogP contribution in [0.3, 0.4) is 0 Å². The first-order chi connectivity index (χ1) is 12.5. The van der Waals surface area contributed by atoms with Gasteiger partial charge in [-0.05, 0) is 0 Å². The zero-order valence-electron chi connectivity index (χ0n) is 13.6. The van der Waals surface area contributed by atoms with Crippen LogP contribution in [0, 0.1) is 10.1 Å². The summed E-state index contributed by atoms with van der Waals surface area (Å²) >= 11 is 0. The van der Waals surface area contributed by atoms with Crippen LogP contribution < -0.4 is 5.56 Å². The lowest BCUT2D eigenvalue weighted by Crippen LogP contribution is -2.27. The number of nitrogens with zero attached hydrogens (tertiary/aromatic N) is 3. The maximum Gasteiger partial charge on any atom is 0.343 e. The molecule has 0 aliphatic rings. The Morgan fingerprint density at radius 3 is 2.73 bits per heavy atom. The number of carbonyl (C=O) groups is 1. The van der Waals surface area contributed by atoms with Gasteiger partial charge in [-0.25, -0.2) is 9.78 Å². The lowest BCUT2D eigenvalue weighted by Gasteiger charge is -2.05. The van der Waals surface area contributed by atoms with Gasteiger partial charge in [0.2, 0.25) is 5.89 Å². The van der Waals surface area contributed by atoms with E-state index in [2.05, 4.69) is 9.72 Å². The first-order valence-electron chi connectivity index (χ1n) is 7.47. The molecule has 0 bridgehead atoms. The summed E-state index contributed by atoms with van der Waals surface area (Å²) in [7, 11) is 1.09. The molecule has 1 aromatic carbocycles. The van der Waals surface area contributed by atoms with Crippen molar-refractivity contribution in [1.29, 1.82) is 0 Å². The van der Waals surface area contributed by atoms with Crippen molar-refractivity contribution in [2.24, 2.45) is 0 Å². The quantitative estimate of drug-likeness (QED) is 0.391. The first kappa shape index (κ1) is 17.1. The minimum atomic E-state index is -0.954. The molecule has 26 heavy (non-hydrogen) atoms. The summed E-state index contributed by atoms with van der Waals surface area (Å²) in [4.78, 5) is 38.6. The van der Waals surface area contributed by atoms with Crippen molar-refractivity contribution in [2.45, 2.75) is 6.54 Å². The molecule has 9 nitrogen and oxygen atoms in total. The zero-order valence-corrected chi connectivity index (χ0v) is 13.6. The molecule has 0 saturated carbocycles. The van der Waals surface area contributed by atoms with Crippen LogP contribution in [0.2, 0.25) is 0 Å². The van der Waals surface area contributed by atoms with Crippen molar-refractivity contribution in [3.63, 3.8) is 0 Å².